The topological polar surface area (TPSA) is 81.8 Å². The number of benzene rings is 1. The van der Waals surface area contributed by atoms with Crippen molar-refractivity contribution in [3.63, 3.8) is 0 Å². The zero-order valence-corrected chi connectivity index (χ0v) is 10.7. The fraction of sp³-hybridized carbons (Fsp3) is 0.462. The minimum absolute atomic E-state index is 0.247. The Kier molecular flexibility index (Phi) is 5.12. The summed E-state index contributed by atoms with van der Waals surface area (Å²) >= 11 is 0. The number of aliphatic carboxylic acids is 1. The number of carbonyl (C=O) groups is 1. The van der Waals surface area contributed by atoms with E-state index in [1.807, 2.05) is 24.3 Å². The SMILES string of the molecule is COCc1cccc(OCCC(C)(N)C(=O)O)c1. The van der Waals surface area contributed by atoms with E-state index in [1.165, 1.54) is 6.92 Å². The molecule has 0 aliphatic heterocycles. The summed E-state index contributed by atoms with van der Waals surface area (Å²) in [6.07, 6.45) is 0.247. The lowest BCUT2D eigenvalue weighted by atomic mass is 10.0. The third-order valence-electron chi connectivity index (χ3n) is 2.59. The van der Waals surface area contributed by atoms with Gasteiger partial charge in [0.2, 0.25) is 0 Å². The Morgan fingerprint density at radius 3 is 2.83 bits per heavy atom. The molecule has 0 aliphatic rings. The highest BCUT2D eigenvalue weighted by atomic mass is 16.5. The average Bonchev–Trinajstić information content (AvgIpc) is 2.29. The maximum absolute atomic E-state index is 10.8. The second-order valence-corrected chi connectivity index (χ2v) is 4.40. The highest BCUT2D eigenvalue weighted by molar-refractivity contribution is 5.77. The molecule has 1 unspecified atom stereocenters. The van der Waals surface area contributed by atoms with Crippen molar-refractivity contribution in [2.75, 3.05) is 13.7 Å². The van der Waals surface area contributed by atoms with Crippen LogP contribution in [0.15, 0.2) is 24.3 Å². The molecule has 0 spiro atoms. The zero-order valence-electron chi connectivity index (χ0n) is 10.7. The van der Waals surface area contributed by atoms with Crippen molar-refractivity contribution in [1.29, 1.82) is 0 Å². The van der Waals surface area contributed by atoms with Crippen LogP contribution in [0, 0.1) is 0 Å². The van der Waals surface area contributed by atoms with Crippen LogP contribution in [-0.4, -0.2) is 30.3 Å². The Balaban J connectivity index is 2.49. The number of rotatable bonds is 7. The van der Waals surface area contributed by atoms with Crippen LogP contribution in [0.25, 0.3) is 0 Å². The lowest BCUT2D eigenvalue weighted by molar-refractivity contribution is -0.143. The normalized spacial score (nSPS) is 13.9. The molecule has 0 heterocycles. The third-order valence-corrected chi connectivity index (χ3v) is 2.59. The van der Waals surface area contributed by atoms with Gasteiger partial charge in [0, 0.05) is 13.5 Å². The summed E-state index contributed by atoms with van der Waals surface area (Å²) in [6.45, 7) is 2.25. The summed E-state index contributed by atoms with van der Waals surface area (Å²) in [5.41, 5.74) is 5.35. The summed E-state index contributed by atoms with van der Waals surface area (Å²) < 4.78 is 10.5. The predicted octanol–water partition coefficient (Wildman–Crippen LogP) is 1.40. The molecule has 100 valence electrons. The van der Waals surface area contributed by atoms with Crippen LogP contribution in [0.5, 0.6) is 5.75 Å². The summed E-state index contributed by atoms with van der Waals surface area (Å²) in [5.74, 6) is -0.343. The first kappa shape index (κ1) is 14.5. The molecule has 1 aromatic rings. The van der Waals surface area contributed by atoms with Gasteiger partial charge < -0.3 is 20.3 Å². The van der Waals surface area contributed by atoms with Crippen molar-refractivity contribution < 1.29 is 19.4 Å². The number of carboxylic acids is 1. The lowest BCUT2D eigenvalue weighted by Crippen LogP contribution is -2.45. The van der Waals surface area contributed by atoms with E-state index in [0.717, 1.165) is 5.56 Å². The van der Waals surface area contributed by atoms with E-state index in [2.05, 4.69) is 0 Å². The molecule has 0 saturated carbocycles. The van der Waals surface area contributed by atoms with E-state index in [4.69, 9.17) is 20.3 Å². The molecule has 0 saturated heterocycles. The van der Waals surface area contributed by atoms with Crippen molar-refractivity contribution in [2.45, 2.75) is 25.5 Å². The molecule has 1 aromatic carbocycles. The van der Waals surface area contributed by atoms with Gasteiger partial charge in [-0.1, -0.05) is 12.1 Å². The van der Waals surface area contributed by atoms with Crippen molar-refractivity contribution >= 4 is 5.97 Å². The second-order valence-electron chi connectivity index (χ2n) is 4.40. The molecule has 0 radical (unpaired) electrons. The lowest BCUT2D eigenvalue weighted by Gasteiger charge is -2.19. The Morgan fingerprint density at radius 1 is 1.50 bits per heavy atom. The molecule has 5 heteroatoms. The van der Waals surface area contributed by atoms with Gasteiger partial charge in [-0.2, -0.15) is 0 Å². The Morgan fingerprint density at radius 2 is 2.22 bits per heavy atom. The van der Waals surface area contributed by atoms with Gasteiger partial charge >= 0.3 is 5.97 Å². The third kappa shape index (κ3) is 4.35. The largest absolute Gasteiger partial charge is 0.493 e. The maximum atomic E-state index is 10.8. The zero-order chi connectivity index (χ0) is 13.6. The summed E-state index contributed by atoms with van der Waals surface area (Å²) in [7, 11) is 1.63. The fourth-order valence-electron chi connectivity index (χ4n) is 1.38. The fourth-order valence-corrected chi connectivity index (χ4v) is 1.38. The van der Waals surface area contributed by atoms with E-state index in [-0.39, 0.29) is 13.0 Å². The summed E-state index contributed by atoms with van der Waals surface area (Å²) in [4.78, 5) is 10.8. The van der Waals surface area contributed by atoms with Crippen LogP contribution in [-0.2, 0) is 16.1 Å². The van der Waals surface area contributed by atoms with Crippen LogP contribution >= 0.6 is 0 Å². The molecular weight excluding hydrogens is 234 g/mol. The Bertz CT molecular complexity index is 404. The van der Waals surface area contributed by atoms with Crippen LogP contribution in [0.3, 0.4) is 0 Å². The number of methoxy groups -OCH3 is 1. The quantitative estimate of drug-likeness (QED) is 0.767. The predicted molar refractivity (Wildman–Crippen MR) is 67.5 cm³/mol. The van der Waals surface area contributed by atoms with Gasteiger partial charge in [0.15, 0.2) is 0 Å². The van der Waals surface area contributed by atoms with Crippen molar-refractivity contribution in [3.05, 3.63) is 29.8 Å². The molecule has 3 N–H and O–H groups in total. The van der Waals surface area contributed by atoms with E-state index in [0.29, 0.717) is 12.4 Å². The number of hydrogen-bond donors (Lipinski definition) is 2. The molecule has 0 amide bonds. The van der Waals surface area contributed by atoms with Crippen molar-refractivity contribution in [2.24, 2.45) is 5.73 Å². The molecule has 0 fully saturated rings. The van der Waals surface area contributed by atoms with E-state index in [1.54, 1.807) is 7.11 Å². The average molecular weight is 253 g/mol. The van der Waals surface area contributed by atoms with Gasteiger partial charge in [-0.25, -0.2) is 0 Å². The first-order valence-corrected chi connectivity index (χ1v) is 5.68. The number of carboxylic acid groups (broad SMARTS) is 1. The molecule has 0 aliphatic carbocycles. The van der Waals surface area contributed by atoms with Gasteiger partial charge in [-0.05, 0) is 24.6 Å². The summed E-state index contributed by atoms with van der Waals surface area (Å²) in [6, 6.07) is 7.47. The second kappa shape index (κ2) is 6.37. The van der Waals surface area contributed by atoms with Gasteiger partial charge in [0.05, 0.1) is 13.2 Å². The molecule has 18 heavy (non-hydrogen) atoms. The highest BCUT2D eigenvalue weighted by Gasteiger charge is 2.27. The van der Waals surface area contributed by atoms with Crippen LogP contribution in [0.4, 0.5) is 0 Å². The van der Waals surface area contributed by atoms with E-state index >= 15 is 0 Å². The van der Waals surface area contributed by atoms with Crippen LogP contribution < -0.4 is 10.5 Å². The smallest absolute Gasteiger partial charge is 0.323 e. The monoisotopic (exact) mass is 253 g/mol. The number of ether oxygens (including phenoxy) is 2. The number of hydrogen-bond acceptors (Lipinski definition) is 4. The van der Waals surface area contributed by atoms with Gasteiger partial charge in [-0.15, -0.1) is 0 Å². The van der Waals surface area contributed by atoms with Gasteiger partial charge in [0.25, 0.3) is 0 Å². The molecule has 1 atom stereocenters. The number of nitrogens with two attached hydrogens (primary N) is 1. The molecule has 1 rings (SSSR count). The van der Waals surface area contributed by atoms with Gasteiger partial charge in [0.1, 0.15) is 11.3 Å². The van der Waals surface area contributed by atoms with E-state index < -0.39 is 11.5 Å². The minimum atomic E-state index is -1.26. The van der Waals surface area contributed by atoms with Crippen LogP contribution in [0.1, 0.15) is 18.9 Å². The molecule has 0 bridgehead atoms. The highest BCUT2D eigenvalue weighted by Crippen LogP contribution is 2.15. The Hall–Kier alpha value is -1.59. The van der Waals surface area contributed by atoms with Crippen molar-refractivity contribution in [3.8, 4) is 5.75 Å². The summed E-state index contributed by atoms with van der Waals surface area (Å²) in [5, 5.41) is 8.86. The van der Waals surface area contributed by atoms with Gasteiger partial charge in [-0.3, -0.25) is 4.79 Å². The minimum Gasteiger partial charge on any atom is -0.493 e. The molecular formula is C13H19NO4. The molecule has 0 aromatic heterocycles. The van der Waals surface area contributed by atoms with Crippen LogP contribution in [0.2, 0.25) is 0 Å². The van der Waals surface area contributed by atoms with E-state index in [9.17, 15) is 4.79 Å². The standard InChI is InChI=1S/C13H19NO4/c1-13(14,12(15)16)6-7-18-11-5-3-4-10(8-11)9-17-2/h3-5,8H,6-7,9,14H2,1-2H3,(H,15,16). The Labute approximate surface area is 107 Å². The molecule has 5 nitrogen and oxygen atoms in total. The first-order chi connectivity index (χ1) is 8.45. The van der Waals surface area contributed by atoms with Crippen molar-refractivity contribution in [1.82, 2.24) is 0 Å². The first-order valence-electron chi connectivity index (χ1n) is 5.68. The maximum Gasteiger partial charge on any atom is 0.323 e.